The molecule has 32 heteroatoms. The Balaban J connectivity index is 0.000000244. The highest BCUT2D eigenvalue weighted by atomic mass is 16.5. The number of nitrogen functional groups attached to an aromatic ring is 1. The fourth-order valence-electron chi connectivity index (χ4n) is 9.04. The van der Waals surface area contributed by atoms with Crippen molar-refractivity contribution in [3.05, 3.63) is 125 Å². The lowest BCUT2D eigenvalue weighted by molar-refractivity contribution is -0.117. The molecule has 9 aromatic heterocycles. The summed E-state index contributed by atoms with van der Waals surface area (Å²) in [4.78, 5) is 105. The minimum Gasteiger partial charge on any atom is -0.479 e. The van der Waals surface area contributed by atoms with Gasteiger partial charge < -0.3 is 69.4 Å². The smallest absolute Gasteiger partial charge is 0.349 e. The number of hydrogen-bond acceptors (Lipinski definition) is 24. The van der Waals surface area contributed by atoms with Gasteiger partial charge in [-0.05, 0) is 144 Å². The number of amides is 2. The summed E-state index contributed by atoms with van der Waals surface area (Å²) in [5.74, 6) is 5.61. The van der Waals surface area contributed by atoms with E-state index in [9.17, 15) is 19.2 Å². The number of aromatic nitrogens is 18. The number of carbonyl (C=O) groups is 2. The topological polar surface area (TPSA) is 386 Å². The van der Waals surface area contributed by atoms with E-state index < -0.39 is 0 Å². The van der Waals surface area contributed by atoms with Crippen molar-refractivity contribution in [3.8, 4) is 17.6 Å². The lowest BCUT2D eigenvalue weighted by Crippen LogP contribution is -2.38. The molecular weight excluding hydrogens is 1250 g/mol. The van der Waals surface area contributed by atoms with Gasteiger partial charge in [0.25, 0.3) is 11.5 Å². The molecule has 0 atom stereocenters. The van der Waals surface area contributed by atoms with Crippen LogP contribution in [0, 0.1) is 20.8 Å². The van der Waals surface area contributed by atoms with Crippen molar-refractivity contribution in [2.75, 3.05) is 31.4 Å². The number of fused-ring (bicyclic) bond motifs is 4. The van der Waals surface area contributed by atoms with Crippen LogP contribution < -0.4 is 47.6 Å². The largest absolute Gasteiger partial charge is 0.479 e. The molecule has 98 heavy (non-hydrogen) atoms. The van der Waals surface area contributed by atoms with Crippen LogP contribution in [0.4, 0.5) is 11.8 Å². The Morgan fingerprint density at radius 2 is 0.990 bits per heavy atom. The number of amidine groups is 1. The minimum atomic E-state index is -0.355. The predicted molar refractivity (Wildman–Crippen MR) is 383 cm³/mol. The number of anilines is 2. The first-order valence-electron chi connectivity index (χ1n) is 31.7. The fraction of sp³-hybridized carbons (Fsp3) is 0.470. The van der Waals surface area contributed by atoms with Crippen LogP contribution in [-0.2, 0) is 9.59 Å². The predicted octanol–water partition coefficient (Wildman–Crippen LogP) is 9.52. The number of aryl methyl sites for hydroxylation is 3. The van der Waals surface area contributed by atoms with Crippen molar-refractivity contribution in [2.24, 2.45) is 10.7 Å². The molecule has 9 aromatic rings. The molecule has 11 rings (SSSR count). The SMILES string of the molecule is C.C=C1N=C(N)C=CN1C(C)C.C=C1NC(=O)C=CN1C(C)C.CC(=O)Nc1ccn(C(C)C)c(=O)n1.CCOc1nc(C)nc2c1ncn2C(C)C.CCOc1nc(C)nc2c1ncn2C(C)C.COc1nc(N)nc2c1ncn2C(C)C.Cc1nc2c(ncn2C(C)C)c(=O)[nH]1. The number of ether oxygens (including phenoxy) is 3. The molecule has 7 N–H and O–H groups in total. The highest BCUT2D eigenvalue weighted by Crippen LogP contribution is 2.26. The van der Waals surface area contributed by atoms with E-state index in [1.165, 1.54) is 24.7 Å². The van der Waals surface area contributed by atoms with E-state index in [-0.39, 0.29) is 54.6 Å². The maximum Gasteiger partial charge on any atom is 0.349 e. The van der Waals surface area contributed by atoms with Crippen LogP contribution in [0.3, 0.4) is 0 Å². The van der Waals surface area contributed by atoms with Crippen LogP contribution in [0.25, 0.3) is 44.7 Å². The summed E-state index contributed by atoms with van der Waals surface area (Å²) in [6, 6.07) is 3.57. The van der Waals surface area contributed by atoms with Gasteiger partial charge in [0.05, 0.1) is 45.6 Å². The van der Waals surface area contributed by atoms with Crippen molar-refractivity contribution in [3.63, 3.8) is 0 Å². The summed E-state index contributed by atoms with van der Waals surface area (Å²) < 4.78 is 25.4. The average Bonchev–Trinajstić information content (AvgIpc) is 1.66. The van der Waals surface area contributed by atoms with Gasteiger partial charge >= 0.3 is 5.69 Å². The fourth-order valence-corrected chi connectivity index (χ4v) is 9.04. The Bertz CT molecular complexity index is 4290. The molecule has 0 saturated heterocycles. The maximum absolute atomic E-state index is 11.5. The second kappa shape index (κ2) is 36.2. The molecule has 2 amide bonds. The van der Waals surface area contributed by atoms with E-state index in [0.29, 0.717) is 118 Å². The first-order chi connectivity index (χ1) is 45.7. The normalized spacial score (nSPS) is 12.4. The average molecular weight is 1350 g/mol. The quantitative estimate of drug-likeness (QED) is 0.0717. The molecule has 530 valence electrons. The van der Waals surface area contributed by atoms with E-state index in [2.05, 4.69) is 135 Å². The van der Waals surface area contributed by atoms with Crippen LogP contribution >= 0.6 is 0 Å². The minimum absolute atomic E-state index is 0. The number of nitrogens with one attached hydrogen (secondary N) is 3. The summed E-state index contributed by atoms with van der Waals surface area (Å²) in [5.41, 5.74) is 16.1. The molecule has 0 unspecified atom stereocenters. The molecule has 2 aliphatic heterocycles. The molecule has 0 radical (unpaired) electrons. The Labute approximate surface area is 571 Å². The molecular formula is C66H99N25O7. The van der Waals surface area contributed by atoms with Crippen molar-refractivity contribution in [2.45, 2.75) is 188 Å². The molecule has 0 aliphatic carbocycles. The zero-order valence-corrected chi connectivity index (χ0v) is 59.6. The third-order valence-corrected chi connectivity index (χ3v) is 13.7. The molecule has 0 spiro atoms. The number of carbonyl (C=O) groups excluding carboxylic acids is 2. The third kappa shape index (κ3) is 21.3. The van der Waals surface area contributed by atoms with E-state index in [1.807, 2.05) is 117 Å². The van der Waals surface area contributed by atoms with Gasteiger partial charge in [-0.2, -0.15) is 24.9 Å². The molecule has 2 aliphatic rings. The number of methoxy groups -OCH3 is 1. The second-order valence-electron chi connectivity index (χ2n) is 23.7. The van der Waals surface area contributed by atoms with Gasteiger partial charge in [-0.15, -0.1) is 0 Å². The van der Waals surface area contributed by atoms with E-state index in [1.54, 1.807) is 56.8 Å². The number of imidazole rings is 4. The summed E-state index contributed by atoms with van der Waals surface area (Å²) in [7, 11) is 1.54. The van der Waals surface area contributed by atoms with E-state index in [0.717, 1.165) is 22.3 Å². The zero-order valence-electron chi connectivity index (χ0n) is 59.6. The van der Waals surface area contributed by atoms with Crippen molar-refractivity contribution < 1.29 is 23.8 Å². The Kier molecular flexibility index (Phi) is 29.4. The Hall–Kier alpha value is -11.0. The van der Waals surface area contributed by atoms with Gasteiger partial charge in [0, 0.05) is 73.9 Å². The molecule has 32 nitrogen and oxygen atoms in total. The number of hydrogen-bond donors (Lipinski definition) is 5. The number of aromatic amines is 1. The van der Waals surface area contributed by atoms with Crippen LogP contribution in [-0.4, -0.2) is 147 Å². The summed E-state index contributed by atoms with van der Waals surface area (Å²) in [6.07, 6.45) is 15.5. The summed E-state index contributed by atoms with van der Waals surface area (Å²) >= 11 is 0. The van der Waals surface area contributed by atoms with Crippen LogP contribution in [0.2, 0.25) is 0 Å². The molecule has 0 aromatic carbocycles. The van der Waals surface area contributed by atoms with Gasteiger partial charge in [-0.25, -0.2) is 44.7 Å². The van der Waals surface area contributed by atoms with Gasteiger partial charge in [0.2, 0.25) is 29.5 Å². The standard InChI is InChI=1S/2C11H16N4O.C9H13N5O.C9H12N4O.C9H13N3O2.C8H13N3.C8H12N2O.CH4/c2*1-5-16-11-9-10(13-8(4)14-11)15(6-12-9)7(2)3;1-5(2)14-4-11-6-7(14)12-9(10)13-8(6)15-3;1-5(2)13-4-10-7-8(13)11-6(3)12-9(7)14;1-6(2)12-5-4-8(10-7(3)13)11-9(12)14;1-6(2)11-5-4-8(9)10-7(11)3;1-6(2)10-5-4-8(11)9-7(10)3;/h2*6-7H,5H2,1-4H3;4-5H,1-3H3,(H2,10,12,13);4-5H,1-3H3,(H,11,12,14);4-6H,1-3H3,(H,10,11,13,14);4-6H,3H2,1-2H3,(H2,9,10);4-6H,3H2,1-2H3,(H,9,11);1H4. The first-order valence-corrected chi connectivity index (χ1v) is 31.7. The number of H-pyrrole nitrogens is 1. The van der Waals surface area contributed by atoms with Crippen molar-refractivity contribution in [1.82, 2.24) is 103 Å². The monoisotopic (exact) mass is 1350 g/mol. The maximum atomic E-state index is 11.5. The lowest BCUT2D eigenvalue weighted by atomic mass is 10.3. The molecule has 0 fully saturated rings. The number of nitrogens with two attached hydrogens (primary N) is 2. The molecule has 11 heterocycles. The molecule has 0 bridgehead atoms. The summed E-state index contributed by atoms with van der Waals surface area (Å²) in [6.45, 7) is 47.9. The zero-order chi connectivity index (χ0) is 72.3. The number of aliphatic imine (C=N–C) groups is 1. The van der Waals surface area contributed by atoms with Gasteiger partial charge in [0.1, 0.15) is 40.8 Å². The second-order valence-corrected chi connectivity index (χ2v) is 23.7. The van der Waals surface area contributed by atoms with Gasteiger partial charge in [-0.1, -0.05) is 20.6 Å². The van der Waals surface area contributed by atoms with Crippen molar-refractivity contribution in [1.29, 1.82) is 0 Å². The molecule has 0 saturated carbocycles. The van der Waals surface area contributed by atoms with Crippen molar-refractivity contribution >= 4 is 74.1 Å². The number of nitrogens with zero attached hydrogens (tertiary/aromatic N) is 20. The van der Waals surface area contributed by atoms with Gasteiger partial charge in [-0.3, -0.25) is 19.0 Å². The first kappa shape index (κ1) is 79.5. The van der Waals surface area contributed by atoms with E-state index >= 15 is 0 Å². The Morgan fingerprint density at radius 3 is 1.39 bits per heavy atom. The van der Waals surface area contributed by atoms with E-state index in [4.69, 9.17) is 25.7 Å². The third-order valence-electron chi connectivity index (χ3n) is 13.7. The Morgan fingerprint density at radius 1 is 0.561 bits per heavy atom. The highest BCUT2D eigenvalue weighted by molar-refractivity contribution is 5.93. The highest BCUT2D eigenvalue weighted by Gasteiger charge is 2.19. The number of rotatable bonds is 13. The summed E-state index contributed by atoms with van der Waals surface area (Å²) in [5, 5.41) is 5.06. The lowest BCUT2D eigenvalue weighted by Gasteiger charge is -2.29. The van der Waals surface area contributed by atoms with Crippen LogP contribution in [0.1, 0.15) is 173 Å². The van der Waals surface area contributed by atoms with Crippen LogP contribution in [0.5, 0.6) is 17.6 Å². The van der Waals surface area contributed by atoms with Crippen LogP contribution in [0.15, 0.2) is 102 Å². The van der Waals surface area contributed by atoms with Gasteiger partial charge in [0.15, 0.2) is 44.7 Å².